The molecule has 38 nitrogen and oxygen atoms in total. The van der Waals surface area contributed by atoms with Gasteiger partial charge in [0, 0.05) is 130 Å². The molecule has 0 spiro atoms. The molecule has 3 aliphatic rings. The minimum atomic E-state index is -1.84. The van der Waals surface area contributed by atoms with Gasteiger partial charge in [0.25, 0.3) is 0 Å². The number of aliphatic hydroxyl groups is 2. The lowest BCUT2D eigenvalue weighted by Crippen LogP contribution is -2.61. The van der Waals surface area contributed by atoms with E-state index in [0.717, 1.165) is 16.7 Å². The fourth-order valence-corrected chi connectivity index (χ4v) is 16.8. The Morgan fingerprint density at radius 2 is 1.15 bits per heavy atom. The highest BCUT2D eigenvalue weighted by Gasteiger charge is 2.45. The molecule has 3 fully saturated rings. The van der Waals surface area contributed by atoms with E-state index in [1.165, 1.54) is 55.5 Å². The molecule has 3 aliphatic heterocycles. The molecular weight excluding hydrogens is 1620 g/mol. The van der Waals surface area contributed by atoms with Crippen molar-refractivity contribution in [3.63, 3.8) is 0 Å². The number of para-hydroxylation sites is 2. The lowest BCUT2D eigenvalue weighted by Gasteiger charge is -2.36. The number of nitrogens with one attached hydrogen (secondary N) is 12. The molecule has 6 heterocycles. The predicted octanol–water partition coefficient (Wildman–Crippen LogP) is -1.05. The van der Waals surface area contributed by atoms with Gasteiger partial charge in [0.05, 0.1) is 36.9 Å². The smallest absolute Gasteiger partial charge is 0.303 e. The van der Waals surface area contributed by atoms with Crippen molar-refractivity contribution >= 4 is 116 Å². The van der Waals surface area contributed by atoms with E-state index in [-0.39, 0.29) is 108 Å². The Morgan fingerprint density at radius 1 is 0.573 bits per heavy atom. The van der Waals surface area contributed by atoms with Crippen LogP contribution in [0.25, 0.3) is 21.8 Å². The number of aliphatic carboxylic acids is 1. The van der Waals surface area contributed by atoms with E-state index in [1.54, 1.807) is 96.8 Å². The highest BCUT2D eigenvalue weighted by molar-refractivity contribution is 8.00. The highest BCUT2D eigenvalue weighted by Crippen LogP contribution is 2.27. The number of nitrogens with two attached hydrogens (primary N) is 2. The number of amides is 13. The predicted molar refractivity (Wildman–Crippen MR) is 460 cm³/mol. The molecule has 20 N–H and O–H groups in total. The van der Waals surface area contributed by atoms with Crippen molar-refractivity contribution in [1.82, 2.24) is 92.3 Å². The quantitative estimate of drug-likeness (QED) is 0.0409. The molecular formula is C85H120N20O18S. The number of imidazole rings is 1. The molecule has 124 heavy (non-hydrogen) atoms. The van der Waals surface area contributed by atoms with Crippen molar-refractivity contribution in [1.29, 1.82) is 0 Å². The third kappa shape index (κ3) is 26.5. The van der Waals surface area contributed by atoms with E-state index in [2.05, 4.69) is 67.8 Å². The van der Waals surface area contributed by atoms with E-state index in [9.17, 15) is 58.8 Å². The number of thioether (sulfide) groups is 1. The summed E-state index contributed by atoms with van der Waals surface area (Å²) in [5.74, 6) is -12.1. The minimum Gasteiger partial charge on any atom is -0.508 e. The number of unbranched alkanes of at least 4 members (excludes halogenated alkanes) is 2. The number of nitrogens with zero attached hydrogens (tertiary/aromatic N) is 6. The number of aromatic hydroxyl groups is 1. The second-order valence-electron chi connectivity index (χ2n) is 32.3. The summed E-state index contributed by atoms with van der Waals surface area (Å²) in [6.07, 6.45) is 6.03. The number of fused-ring (bicyclic) bond motifs is 4. The monoisotopic (exact) mass is 1740 g/mol. The van der Waals surface area contributed by atoms with Crippen LogP contribution in [0.5, 0.6) is 5.75 Å². The Kier molecular flexibility index (Phi) is 35.9. The van der Waals surface area contributed by atoms with Gasteiger partial charge < -0.3 is 109 Å². The summed E-state index contributed by atoms with van der Waals surface area (Å²) < 4.78 is 0. The summed E-state index contributed by atoms with van der Waals surface area (Å²) in [5, 5.41) is 68.9. The molecule has 3 saturated heterocycles. The molecule has 6 aromatic rings. The lowest BCUT2D eigenvalue weighted by atomic mass is 10.00. The van der Waals surface area contributed by atoms with Crippen molar-refractivity contribution in [2.45, 2.75) is 221 Å². The fraction of sp³-hybridized carbons (Fsp3) is 0.541. The highest BCUT2D eigenvalue weighted by atomic mass is 32.2. The first-order chi connectivity index (χ1) is 59.3. The molecule has 9 rings (SSSR count). The molecule has 13 amide bonds. The fourth-order valence-electron chi connectivity index (χ4n) is 16.0. The van der Waals surface area contributed by atoms with Crippen LogP contribution in [0.1, 0.15) is 127 Å². The summed E-state index contributed by atoms with van der Waals surface area (Å²) in [7, 11) is 4.42. The third-order valence-corrected chi connectivity index (χ3v) is 24.2. The minimum absolute atomic E-state index is 0.00934. The molecule has 0 saturated carbocycles. The summed E-state index contributed by atoms with van der Waals surface area (Å²) in [4.78, 5) is 224. The summed E-state index contributed by atoms with van der Waals surface area (Å²) in [6.45, 7) is 5.37. The maximum Gasteiger partial charge on any atom is 0.303 e. The first-order valence-electron chi connectivity index (χ1n) is 42.2. The average Bonchev–Trinajstić information content (AvgIpc) is 1.72. The van der Waals surface area contributed by atoms with Gasteiger partial charge in [0.15, 0.2) is 0 Å². The number of carbonyl (C=O) groups excluding carboxylic acids is 13. The number of hydrogen-bond donors (Lipinski definition) is 18. The van der Waals surface area contributed by atoms with Crippen molar-refractivity contribution < 1.29 is 87.5 Å². The third-order valence-electron chi connectivity index (χ3n) is 23.1. The number of H-pyrrole nitrogens is 3. The number of rotatable bonds is 21. The summed E-state index contributed by atoms with van der Waals surface area (Å²) in [5.41, 5.74) is 15.5. The van der Waals surface area contributed by atoms with E-state index in [4.69, 9.17) is 11.5 Å². The lowest BCUT2D eigenvalue weighted by molar-refractivity contribution is -0.149. The molecule has 3 aromatic carbocycles. The number of carbonyl (C=O) groups is 14. The van der Waals surface area contributed by atoms with Gasteiger partial charge >= 0.3 is 5.97 Å². The summed E-state index contributed by atoms with van der Waals surface area (Å²) >= 11 is 0.960. The van der Waals surface area contributed by atoms with Gasteiger partial charge in [-0.05, 0) is 120 Å². The van der Waals surface area contributed by atoms with Crippen LogP contribution in [0, 0.1) is 0 Å². The van der Waals surface area contributed by atoms with Gasteiger partial charge in [0.1, 0.15) is 66.2 Å². The largest absolute Gasteiger partial charge is 0.508 e. The molecule has 0 aliphatic carbocycles. The molecule has 0 unspecified atom stereocenters. The maximum atomic E-state index is 15.6. The van der Waals surface area contributed by atoms with Crippen LogP contribution in [0.15, 0.2) is 97.7 Å². The van der Waals surface area contributed by atoms with Crippen molar-refractivity contribution in [3.8, 4) is 5.75 Å². The maximum absolute atomic E-state index is 15.6. The van der Waals surface area contributed by atoms with E-state index < -0.39 is 187 Å². The Morgan fingerprint density at radius 3 is 1.76 bits per heavy atom. The van der Waals surface area contributed by atoms with Gasteiger partial charge in [-0.25, -0.2) is 4.98 Å². The number of aromatic nitrogens is 4. The van der Waals surface area contributed by atoms with E-state index in [0.29, 0.717) is 82.8 Å². The van der Waals surface area contributed by atoms with Gasteiger partial charge in [0.2, 0.25) is 76.8 Å². The Bertz CT molecular complexity index is 4680. The first kappa shape index (κ1) is 96.3. The second-order valence-corrected chi connectivity index (χ2v) is 33.4. The van der Waals surface area contributed by atoms with Crippen LogP contribution in [-0.4, -0.2) is 310 Å². The summed E-state index contributed by atoms with van der Waals surface area (Å²) in [6, 6.07) is 2.40. The number of phenolic OH excluding ortho intramolecular Hbond substituents is 1. The Labute approximate surface area is 723 Å². The van der Waals surface area contributed by atoms with Crippen LogP contribution in [0.2, 0.25) is 0 Å². The number of carboxylic acids is 1. The van der Waals surface area contributed by atoms with Crippen LogP contribution < -0.4 is 59.3 Å². The zero-order chi connectivity index (χ0) is 90.0. The molecule has 0 radical (unpaired) electrons. The second kappa shape index (κ2) is 46.3. The van der Waals surface area contributed by atoms with Crippen LogP contribution in [0.4, 0.5) is 0 Å². The molecule has 674 valence electrons. The number of primary amides is 1. The standard InChI is InChI=1S/C85H120N20O18S/c1-8-10-21-68-80(118)92-48(3)75(113)100-67(74(87)112)45-124-46-72(109)93-55(33-50-24-27-56(107)28-25-50)41-101(5)49(4)76(114)94-53(26-29-73(110)111)42-104-32-16-23-69(104)81(119)97-64(36-54-40-88-47-91-54)78(116)95-62(30-31-86)84(122)105-43-57(108)37-71(105)82(120)96-63(34-51-38-89-60-19-14-12-17-58(51)60)77(115)99-66(44-106)79(117)98-65(35-52-39-90-61-20-15-13-18-59(52)61)83(121)103(7)70(22-11-9-2)85(123)102(68)6/h12-15,17-20,24-25,27-28,38-40,47-49,53,55,57,62-71,89-90,106-108H,8-11,16,21-23,26,29-37,41-46,86H2,1-7H3,(H2,87,112)(H,88,91)(H,92,118)(H,93,109)(H,94,114)(H,95,116)(H,96,120)(H,97,119)(H,98,117)(H,99,115)(H,100,113)(H,110,111)/t48-,49-,53-,55-,57+,62-,63-,64-,65-,66-,67-,68-,69-,70-,71-/m0/s1. The van der Waals surface area contributed by atoms with Crippen molar-refractivity contribution in [2.24, 2.45) is 11.5 Å². The number of likely N-dealkylation sites (N-methyl/N-ethyl adjacent to an activating group) is 3. The normalized spacial score (nSPS) is 26.2. The van der Waals surface area contributed by atoms with Crippen LogP contribution in [-0.2, 0) is 92.8 Å². The number of hydrogen-bond acceptors (Lipinski definition) is 22. The molecule has 3 aromatic heterocycles. The zero-order valence-corrected chi connectivity index (χ0v) is 71.9. The van der Waals surface area contributed by atoms with Gasteiger partial charge in [-0.15, -0.1) is 11.8 Å². The number of carboxylic acid groups (broad SMARTS) is 1. The Balaban J connectivity index is 1.05. The average molecular weight is 1740 g/mol. The first-order valence-corrected chi connectivity index (χ1v) is 43.4. The van der Waals surface area contributed by atoms with Crippen LogP contribution in [0.3, 0.4) is 0 Å². The van der Waals surface area contributed by atoms with E-state index in [1.807, 2.05) is 13.8 Å². The van der Waals surface area contributed by atoms with Crippen molar-refractivity contribution in [3.05, 3.63) is 120 Å². The number of aliphatic hydroxyl groups excluding tert-OH is 2. The zero-order valence-electron chi connectivity index (χ0n) is 71.1. The Hall–Kier alpha value is -11.5. The number of benzene rings is 3. The van der Waals surface area contributed by atoms with Crippen LogP contribution >= 0.6 is 11.8 Å². The van der Waals surface area contributed by atoms with Gasteiger partial charge in [-0.2, -0.15) is 0 Å². The van der Waals surface area contributed by atoms with Gasteiger partial charge in [-0.1, -0.05) is 88.1 Å². The molecule has 15 atom stereocenters. The van der Waals surface area contributed by atoms with Crippen molar-refractivity contribution in [2.75, 3.05) is 72.0 Å². The van der Waals surface area contributed by atoms with E-state index >= 15 is 28.8 Å². The SMILES string of the molecule is CCCC[C@H]1C(=O)N(C)[C@@H](CCCC)C(=O)N[C@@H](C)C(=O)N[C@H](C(N)=O)CSCC(=O)N[C@@H](Cc2ccc(O)cc2)CN(C)[C@@H](C)C(=O)N[C@@H](CCC(=O)O)CN2CCC[C@H]2C(=O)N[C@@H](Cc2cnc[nH]2)C(=O)N[C@@H](CCN)C(=O)N2C[C@H](O)C[C@H]2C(=O)N[C@@H](Cc2c[nH]c3ccccc23)C(=O)N[C@@H](CO)C(=O)N[C@@H](Cc2c[nH]c3ccccc23)C(=O)N1C. The topological polar surface area (TPSA) is 557 Å². The van der Waals surface area contributed by atoms with Gasteiger partial charge in [-0.3, -0.25) is 76.9 Å². The molecule has 39 heteroatoms. The number of aromatic amines is 3. The molecule has 0 bridgehead atoms. The number of phenols is 1.